The minimum absolute atomic E-state index is 0.122. The number of aliphatic carboxylic acids is 1. The number of ketones is 1. The molecule has 2 aromatic carbocycles. The van der Waals surface area contributed by atoms with Crippen molar-refractivity contribution in [2.45, 2.75) is 4.90 Å². The van der Waals surface area contributed by atoms with E-state index in [1.165, 1.54) is 18.2 Å². The maximum atomic E-state index is 12.5. The lowest BCUT2D eigenvalue weighted by Crippen LogP contribution is -2.27. The highest BCUT2D eigenvalue weighted by atomic mass is 35.5. The quantitative estimate of drug-likeness (QED) is 0.403. The lowest BCUT2D eigenvalue weighted by molar-refractivity contribution is -0.133. The molecular weight excluding hydrogens is 396 g/mol. The van der Waals surface area contributed by atoms with E-state index in [0.717, 1.165) is 6.07 Å². The Morgan fingerprint density at radius 1 is 1.15 bits per heavy atom. The summed E-state index contributed by atoms with van der Waals surface area (Å²) in [5.41, 5.74) is 2.96. The van der Waals surface area contributed by atoms with Gasteiger partial charge in [-0.25, -0.2) is 4.79 Å². The first-order chi connectivity index (χ1) is 12.7. The van der Waals surface area contributed by atoms with Crippen LogP contribution >= 0.6 is 11.6 Å². The van der Waals surface area contributed by atoms with Gasteiger partial charge in [0.25, 0.3) is 10.1 Å². The molecule has 2 aromatic rings. The highest BCUT2D eigenvalue weighted by Crippen LogP contribution is 2.26. The summed E-state index contributed by atoms with van der Waals surface area (Å²) in [5, 5.41) is 13.0. The zero-order chi connectivity index (χ0) is 19.8. The molecule has 0 radical (unpaired) electrons. The third-order valence-corrected chi connectivity index (χ3v) is 5.05. The summed E-state index contributed by atoms with van der Waals surface area (Å²) in [6, 6.07) is 10.2. The Kier molecular flexibility index (Phi) is 4.83. The smallest absolute Gasteiger partial charge is 0.339 e. The van der Waals surface area contributed by atoms with E-state index in [2.05, 4.69) is 10.5 Å². The molecule has 1 aliphatic carbocycles. The largest absolute Gasteiger partial charge is 0.478 e. The summed E-state index contributed by atoms with van der Waals surface area (Å²) in [7, 11) is -4.55. The van der Waals surface area contributed by atoms with Crippen molar-refractivity contribution in [3.8, 4) is 0 Å². The topological polar surface area (TPSA) is 133 Å². The summed E-state index contributed by atoms with van der Waals surface area (Å²) in [6.45, 7) is 0. The fraction of sp³-hybridized carbons (Fsp3) is 0. The molecule has 0 fully saturated rings. The van der Waals surface area contributed by atoms with Crippen molar-refractivity contribution >= 4 is 50.9 Å². The van der Waals surface area contributed by atoms with Gasteiger partial charge in [-0.05, 0) is 29.8 Å². The highest BCUT2D eigenvalue weighted by Gasteiger charge is 2.29. The number of fused-ring (bicyclic) bond motifs is 1. The molecule has 0 spiro atoms. The van der Waals surface area contributed by atoms with Crippen molar-refractivity contribution in [3.05, 3.63) is 64.2 Å². The van der Waals surface area contributed by atoms with Crippen LogP contribution in [-0.2, 0) is 19.7 Å². The van der Waals surface area contributed by atoms with E-state index in [1.807, 2.05) is 0 Å². The van der Waals surface area contributed by atoms with Crippen LogP contribution < -0.4 is 5.43 Å². The molecule has 0 saturated carbocycles. The third-order valence-electron chi connectivity index (χ3n) is 3.71. The van der Waals surface area contributed by atoms with Crippen molar-refractivity contribution in [3.63, 3.8) is 0 Å². The summed E-state index contributed by atoms with van der Waals surface area (Å²) >= 11 is 5.74. The fourth-order valence-electron chi connectivity index (χ4n) is 2.47. The molecular formula is C17H11ClN2O6S. The van der Waals surface area contributed by atoms with E-state index in [1.54, 1.807) is 24.3 Å². The standard InChI is InChI=1S/C17H11ClN2O6S/c18-13-6-5-10(8-14(13)27(24,25)26)19-20-15-11-4-2-1-3-9(11)7-12(16(15)21)17(22)23/h1-8,19H,(H,22,23)(H,24,25,26)/b20-15-. The van der Waals surface area contributed by atoms with Crippen molar-refractivity contribution in [2.24, 2.45) is 5.10 Å². The SMILES string of the molecule is O=C(O)C1=Cc2ccccc2/C(=N/Nc2ccc(Cl)c(S(=O)(=O)O)c2)C1=O. The van der Waals surface area contributed by atoms with Gasteiger partial charge < -0.3 is 5.11 Å². The fourth-order valence-corrected chi connectivity index (χ4v) is 3.47. The Balaban J connectivity index is 2.04. The third kappa shape index (κ3) is 3.75. The first-order valence-corrected chi connectivity index (χ1v) is 9.20. The summed E-state index contributed by atoms with van der Waals surface area (Å²) < 4.78 is 31.8. The number of halogens is 1. The molecule has 138 valence electrons. The molecule has 10 heteroatoms. The van der Waals surface area contributed by atoms with Crippen molar-refractivity contribution < 1.29 is 27.7 Å². The number of carbonyl (C=O) groups is 2. The van der Waals surface area contributed by atoms with E-state index in [9.17, 15) is 27.7 Å². The molecule has 8 nitrogen and oxygen atoms in total. The average molecular weight is 407 g/mol. The number of hydrogen-bond donors (Lipinski definition) is 3. The van der Waals surface area contributed by atoms with E-state index in [4.69, 9.17) is 11.6 Å². The van der Waals surface area contributed by atoms with Crippen LogP contribution in [0.15, 0.2) is 58.0 Å². The molecule has 0 amide bonds. The predicted octanol–water partition coefficient (Wildman–Crippen LogP) is 2.45. The second-order valence-electron chi connectivity index (χ2n) is 5.47. The Morgan fingerprint density at radius 2 is 1.85 bits per heavy atom. The van der Waals surface area contributed by atoms with E-state index >= 15 is 0 Å². The molecule has 0 heterocycles. The maximum absolute atomic E-state index is 12.5. The van der Waals surface area contributed by atoms with Crippen LogP contribution in [0.2, 0.25) is 5.02 Å². The van der Waals surface area contributed by atoms with Gasteiger partial charge in [-0.15, -0.1) is 0 Å². The van der Waals surface area contributed by atoms with Gasteiger partial charge in [0.05, 0.1) is 10.7 Å². The minimum atomic E-state index is -4.55. The van der Waals surface area contributed by atoms with Gasteiger partial charge in [-0.2, -0.15) is 13.5 Å². The number of carbonyl (C=O) groups excluding carboxylic acids is 1. The van der Waals surface area contributed by atoms with Gasteiger partial charge in [0.1, 0.15) is 16.2 Å². The Bertz CT molecular complexity index is 1140. The number of hydrogen-bond acceptors (Lipinski definition) is 6. The van der Waals surface area contributed by atoms with Crippen LogP contribution in [0, 0.1) is 0 Å². The van der Waals surface area contributed by atoms with Crippen LogP contribution in [0.1, 0.15) is 11.1 Å². The van der Waals surface area contributed by atoms with E-state index in [-0.39, 0.29) is 16.4 Å². The molecule has 0 aliphatic heterocycles. The number of carboxylic acids is 1. The van der Waals surface area contributed by atoms with Gasteiger partial charge >= 0.3 is 5.97 Å². The lowest BCUT2D eigenvalue weighted by atomic mass is 9.89. The van der Waals surface area contributed by atoms with Gasteiger partial charge in [-0.1, -0.05) is 35.9 Å². The molecule has 0 aromatic heterocycles. The minimum Gasteiger partial charge on any atom is -0.478 e. The molecule has 0 bridgehead atoms. The second kappa shape index (κ2) is 6.95. The normalized spacial score (nSPS) is 15.3. The summed E-state index contributed by atoms with van der Waals surface area (Å²) in [5.74, 6) is -2.18. The molecule has 27 heavy (non-hydrogen) atoms. The Hall–Kier alpha value is -3.01. The van der Waals surface area contributed by atoms with Crippen LogP contribution in [0.3, 0.4) is 0 Å². The van der Waals surface area contributed by atoms with Crippen LogP contribution in [0.5, 0.6) is 0 Å². The number of anilines is 1. The number of benzene rings is 2. The second-order valence-corrected chi connectivity index (χ2v) is 7.27. The number of rotatable bonds is 4. The molecule has 0 atom stereocenters. The average Bonchev–Trinajstić information content (AvgIpc) is 2.60. The van der Waals surface area contributed by atoms with Gasteiger partial charge in [0.15, 0.2) is 0 Å². The number of nitrogens with zero attached hydrogens (tertiary/aromatic N) is 1. The van der Waals surface area contributed by atoms with Gasteiger partial charge in [0, 0.05) is 5.56 Å². The first kappa shape index (κ1) is 18.8. The molecule has 0 saturated heterocycles. The van der Waals surface area contributed by atoms with Crippen LogP contribution in [-0.4, -0.2) is 35.5 Å². The molecule has 0 unspecified atom stereocenters. The first-order valence-electron chi connectivity index (χ1n) is 7.38. The summed E-state index contributed by atoms with van der Waals surface area (Å²) in [6.07, 6.45) is 1.26. The lowest BCUT2D eigenvalue weighted by Gasteiger charge is -2.15. The van der Waals surface area contributed by atoms with Gasteiger partial charge in [0.2, 0.25) is 5.78 Å². The van der Waals surface area contributed by atoms with E-state index in [0.29, 0.717) is 11.1 Å². The van der Waals surface area contributed by atoms with Crippen LogP contribution in [0.4, 0.5) is 5.69 Å². The number of carboxylic acid groups (broad SMARTS) is 1. The Labute approximate surface area is 158 Å². The number of hydrazone groups is 1. The van der Waals surface area contributed by atoms with E-state index < -0.39 is 32.3 Å². The van der Waals surface area contributed by atoms with Crippen molar-refractivity contribution in [2.75, 3.05) is 5.43 Å². The molecule has 3 N–H and O–H groups in total. The highest BCUT2D eigenvalue weighted by molar-refractivity contribution is 7.86. The maximum Gasteiger partial charge on any atom is 0.339 e. The van der Waals surface area contributed by atoms with Crippen molar-refractivity contribution in [1.29, 1.82) is 0 Å². The molecule has 3 rings (SSSR count). The Morgan fingerprint density at radius 3 is 2.52 bits per heavy atom. The van der Waals surface area contributed by atoms with Crippen molar-refractivity contribution in [1.82, 2.24) is 0 Å². The number of nitrogens with one attached hydrogen (secondary N) is 1. The van der Waals surface area contributed by atoms with Crippen LogP contribution in [0.25, 0.3) is 6.08 Å². The number of Topliss-reactive ketones (excluding diaryl/α,β-unsaturated/α-hetero) is 1. The zero-order valence-corrected chi connectivity index (χ0v) is 15.0. The zero-order valence-electron chi connectivity index (χ0n) is 13.4. The monoisotopic (exact) mass is 406 g/mol. The summed E-state index contributed by atoms with van der Waals surface area (Å²) in [4.78, 5) is 23.2. The predicted molar refractivity (Wildman–Crippen MR) is 98.5 cm³/mol. The molecule has 1 aliphatic rings. The van der Waals surface area contributed by atoms with Gasteiger partial charge in [-0.3, -0.25) is 14.8 Å².